The van der Waals surface area contributed by atoms with E-state index in [2.05, 4.69) is 15.6 Å². The van der Waals surface area contributed by atoms with Crippen LogP contribution < -0.4 is 16.4 Å². The van der Waals surface area contributed by atoms with E-state index in [4.69, 9.17) is 5.73 Å². The van der Waals surface area contributed by atoms with Gasteiger partial charge in [0.25, 0.3) is 11.8 Å². The Hall–Kier alpha value is -1.96. The number of thiazole rings is 1. The molecule has 0 saturated carbocycles. The third kappa shape index (κ3) is 6.09. The van der Waals surface area contributed by atoms with E-state index in [-0.39, 0.29) is 29.8 Å². The molecular weight excluding hydrogens is 372 g/mol. The van der Waals surface area contributed by atoms with E-state index in [9.17, 15) is 9.59 Å². The molecule has 2 amide bonds. The summed E-state index contributed by atoms with van der Waals surface area (Å²) in [5.74, 6) is -0.403. The highest BCUT2D eigenvalue weighted by Gasteiger charge is 2.19. The summed E-state index contributed by atoms with van der Waals surface area (Å²) in [6.07, 6.45) is 1.50. The maximum Gasteiger partial charge on any atom is 0.275 e. The van der Waals surface area contributed by atoms with Crippen LogP contribution >= 0.6 is 23.7 Å². The van der Waals surface area contributed by atoms with Crippen LogP contribution in [-0.2, 0) is 6.42 Å². The van der Waals surface area contributed by atoms with Gasteiger partial charge in [0.2, 0.25) is 0 Å². The second kappa shape index (κ2) is 9.66. The molecule has 6 nitrogen and oxygen atoms in total. The Morgan fingerprint density at radius 2 is 1.85 bits per heavy atom. The molecule has 0 saturated heterocycles. The van der Waals surface area contributed by atoms with Gasteiger partial charge in [0, 0.05) is 28.6 Å². The topological polar surface area (TPSA) is 97.1 Å². The molecule has 0 fully saturated rings. The van der Waals surface area contributed by atoms with Gasteiger partial charge >= 0.3 is 0 Å². The second-order valence-corrected chi connectivity index (χ2v) is 7.33. The molecule has 1 heterocycles. The van der Waals surface area contributed by atoms with Crippen LogP contribution in [-0.4, -0.2) is 28.9 Å². The Morgan fingerprint density at radius 3 is 2.42 bits per heavy atom. The number of carbonyl (C=O) groups excluding carboxylic acids is 2. The number of aromatic nitrogens is 1. The van der Waals surface area contributed by atoms with E-state index in [0.29, 0.717) is 29.9 Å². The number of anilines is 1. The zero-order valence-electron chi connectivity index (χ0n) is 15.2. The maximum atomic E-state index is 12.2. The third-order valence-electron chi connectivity index (χ3n) is 3.88. The first-order valence-corrected chi connectivity index (χ1v) is 9.11. The van der Waals surface area contributed by atoms with Crippen molar-refractivity contribution < 1.29 is 9.59 Å². The fraction of sp³-hybridized carbons (Fsp3) is 0.389. The maximum absolute atomic E-state index is 12.2. The number of nitrogens with one attached hydrogen (secondary N) is 2. The van der Waals surface area contributed by atoms with E-state index in [1.54, 1.807) is 29.6 Å². The van der Waals surface area contributed by atoms with Gasteiger partial charge in [-0.3, -0.25) is 9.59 Å². The van der Waals surface area contributed by atoms with E-state index in [1.807, 2.05) is 20.8 Å². The first-order valence-electron chi connectivity index (χ1n) is 8.23. The number of rotatable bonds is 7. The van der Waals surface area contributed by atoms with Crippen molar-refractivity contribution in [1.82, 2.24) is 10.3 Å². The normalized spacial score (nSPS) is 10.8. The molecular formula is C18H25ClN4O2S. The smallest absolute Gasteiger partial charge is 0.275 e. The Labute approximate surface area is 164 Å². The van der Waals surface area contributed by atoms with Crippen LogP contribution in [0.1, 0.15) is 53.0 Å². The number of benzene rings is 1. The van der Waals surface area contributed by atoms with Crippen molar-refractivity contribution >= 4 is 41.2 Å². The molecule has 0 unspecified atom stereocenters. The molecule has 0 aliphatic rings. The van der Waals surface area contributed by atoms with E-state index >= 15 is 0 Å². The lowest BCUT2D eigenvalue weighted by molar-refractivity contribution is 0.0911. The van der Waals surface area contributed by atoms with Crippen LogP contribution in [0.15, 0.2) is 29.6 Å². The fourth-order valence-corrected chi connectivity index (χ4v) is 2.82. The number of carbonyl (C=O) groups is 2. The summed E-state index contributed by atoms with van der Waals surface area (Å²) < 4.78 is 0. The fourth-order valence-electron chi connectivity index (χ4n) is 2.02. The molecule has 2 rings (SSSR count). The SMILES string of the molecule is CCC(C)(C)NC(=O)c1ccc(NC(=O)c2csc(CCN)n2)cc1.Cl. The van der Waals surface area contributed by atoms with Gasteiger partial charge < -0.3 is 16.4 Å². The van der Waals surface area contributed by atoms with Crippen molar-refractivity contribution in [3.8, 4) is 0 Å². The van der Waals surface area contributed by atoms with Crippen LogP contribution in [0.5, 0.6) is 0 Å². The molecule has 26 heavy (non-hydrogen) atoms. The lowest BCUT2D eigenvalue weighted by atomic mass is 10.0. The lowest BCUT2D eigenvalue weighted by Gasteiger charge is -2.24. The zero-order valence-corrected chi connectivity index (χ0v) is 16.8. The highest BCUT2D eigenvalue weighted by Crippen LogP contribution is 2.15. The number of nitrogens with zero attached hydrogens (tertiary/aromatic N) is 1. The van der Waals surface area contributed by atoms with E-state index < -0.39 is 0 Å². The van der Waals surface area contributed by atoms with Gasteiger partial charge in [-0.1, -0.05) is 6.92 Å². The van der Waals surface area contributed by atoms with Gasteiger partial charge in [0.05, 0.1) is 5.01 Å². The van der Waals surface area contributed by atoms with Crippen LogP contribution in [0.2, 0.25) is 0 Å². The molecule has 4 N–H and O–H groups in total. The number of hydrogen-bond acceptors (Lipinski definition) is 5. The van der Waals surface area contributed by atoms with Crippen LogP contribution in [0.25, 0.3) is 0 Å². The van der Waals surface area contributed by atoms with Gasteiger partial charge in [-0.2, -0.15) is 0 Å². The van der Waals surface area contributed by atoms with Crippen molar-refractivity contribution in [3.63, 3.8) is 0 Å². The Kier molecular flexibility index (Phi) is 8.20. The molecule has 8 heteroatoms. The van der Waals surface area contributed by atoms with Crippen molar-refractivity contribution in [2.75, 3.05) is 11.9 Å². The molecule has 1 aromatic heterocycles. The lowest BCUT2D eigenvalue weighted by Crippen LogP contribution is -2.42. The van der Waals surface area contributed by atoms with Gasteiger partial charge in [-0.25, -0.2) is 4.98 Å². The van der Waals surface area contributed by atoms with Gasteiger partial charge in [0.1, 0.15) is 5.69 Å². The molecule has 0 bridgehead atoms. The summed E-state index contributed by atoms with van der Waals surface area (Å²) in [4.78, 5) is 28.7. The predicted octanol–water partition coefficient (Wildman–Crippen LogP) is 3.24. The number of nitrogens with two attached hydrogens (primary N) is 1. The molecule has 2 aromatic rings. The molecule has 0 aliphatic carbocycles. The molecule has 0 aliphatic heterocycles. The third-order valence-corrected chi connectivity index (χ3v) is 4.79. The summed E-state index contributed by atoms with van der Waals surface area (Å²) in [6.45, 7) is 6.49. The minimum Gasteiger partial charge on any atom is -0.347 e. The molecule has 142 valence electrons. The average Bonchev–Trinajstić information content (AvgIpc) is 3.04. The summed E-state index contributed by atoms with van der Waals surface area (Å²) in [5, 5.41) is 8.32. The van der Waals surface area contributed by atoms with E-state index in [1.165, 1.54) is 11.3 Å². The number of amides is 2. The molecule has 0 spiro atoms. The average molecular weight is 397 g/mol. The van der Waals surface area contributed by atoms with Gasteiger partial charge in [0.15, 0.2) is 0 Å². The van der Waals surface area contributed by atoms with Crippen LogP contribution in [0.3, 0.4) is 0 Å². The Balaban J connectivity index is 0.00000338. The monoisotopic (exact) mass is 396 g/mol. The standard InChI is InChI=1S/C18H24N4O2S.ClH/c1-4-18(2,3)22-16(23)12-5-7-13(8-6-12)20-17(24)14-11-25-15(21-14)9-10-19;/h5-8,11H,4,9-10,19H2,1-3H3,(H,20,24)(H,22,23);1H. The van der Waals surface area contributed by atoms with E-state index in [0.717, 1.165) is 11.4 Å². The number of hydrogen-bond donors (Lipinski definition) is 3. The van der Waals surface area contributed by atoms with Gasteiger partial charge in [-0.15, -0.1) is 23.7 Å². The highest BCUT2D eigenvalue weighted by atomic mass is 35.5. The first kappa shape index (κ1) is 22.1. The minimum absolute atomic E-state index is 0. The van der Waals surface area contributed by atoms with Crippen molar-refractivity contribution in [2.45, 2.75) is 39.2 Å². The van der Waals surface area contributed by atoms with Crippen molar-refractivity contribution in [2.24, 2.45) is 5.73 Å². The predicted molar refractivity (Wildman–Crippen MR) is 108 cm³/mol. The number of halogens is 1. The molecule has 0 atom stereocenters. The summed E-state index contributed by atoms with van der Waals surface area (Å²) in [5.41, 5.74) is 6.78. The Bertz CT molecular complexity index is 744. The zero-order chi connectivity index (χ0) is 18.4. The largest absolute Gasteiger partial charge is 0.347 e. The highest BCUT2D eigenvalue weighted by molar-refractivity contribution is 7.09. The van der Waals surface area contributed by atoms with Crippen molar-refractivity contribution in [1.29, 1.82) is 0 Å². The van der Waals surface area contributed by atoms with Crippen LogP contribution in [0, 0.1) is 0 Å². The summed E-state index contributed by atoms with van der Waals surface area (Å²) in [6, 6.07) is 6.80. The first-order chi connectivity index (χ1) is 11.8. The van der Waals surface area contributed by atoms with Crippen molar-refractivity contribution in [3.05, 3.63) is 45.9 Å². The summed E-state index contributed by atoms with van der Waals surface area (Å²) in [7, 11) is 0. The summed E-state index contributed by atoms with van der Waals surface area (Å²) >= 11 is 1.42. The quantitative estimate of drug-likeness (QED) is 0.669. The Morgan fingerprint density at radius 1 is 1.19 bits per heavy atom. The van der Waals surface area contributed by atoms with Gasteiger partial charge in [-0.05, 0) is 51.1 Å². The molecule has 0 radical (unpaired) electrons. The second-order valence-electron chi connectivity index (χ2n) is 6.39. The molecule has 1 aromatic carbocycles. The van der Waals surface area contributed by atoms with Crippen LogP contribution in [0.4, 0.5) is 5.69 Å². The minimum atomic E-state index is -0.274.